The molecule has 0 radical (unpaired) electrons. The number of benzene rings is 2. The summed E-state index contributed by atoms with van der Waals surface area (Å²) in [7, 11) is -2.57. The summed E-state index contributed by atoms with van der Waals surface area (Å²) in [6.07, 6.45) is 4.92. The Bertz CT molecular complexity index is 756. The van der Waals surface area contributed by atoms with Gasteiger partial charge in [0.25, 0.3) is 8.32 Å². The van der Waals surface area contributed by atoms with Crippen molar-refractivity contribution < 1.29 is 9.53 Å². The molecular weight excluding hydrogens is 372 g/mol. The molecule has 1 aliphatic rings. The maximum Gasteiger partial charge on any atom is 0.261 e. The zero-order chi connectivity index (χ0) is 21.1. The largest absolute Gasteiger partial charge is 0.401 e. The van der Waals surface area contributed by atoms with E-state index in [-0.39, 0.29) is 17.2 Å². The van der Waals surface area contributed by atoms with E-state index in [1.54, 1.807) is 0 Å². The molecule has 0 saturated heterocycles. The third kappa shape index (κ3) is 4.58. The van der Waals surface area contributed by atoms with Crippen LogP contribution in [0, 0.1) is 5.92 Å². The topological polar surface area (TPSA) is 29.5 Å². The minimum Gasteiger partial charge on any atom is -0.401 e. The zero-order valence-corrected chi connectivity index (χ0v) is 19.6. The fraction of sp³-hybridized carbons (Fsp3) is 0.462. The highest BCUT2D eigenvalue weighted by molar-refractivity contribution is 6.99. The maximum atomic E-state index is 10.6. The van der Waals surface area contributed by atoms with Crippen molar-refractivity contribution >= 4 is 18.7 Å². The molecule has 29 heavy (non-hydrogen) atoms. The minimum atomic E-state index is -2.57. The Morgan fingerprint density at radius 1 is 0.966 bits per heavy atom. The molecule has 0 aliphatic heterocycles. The van der Waals surface area contributed by atoms with Crippen LogP contribution in [0.5, 0.6) is 0 Å². The number of hydrogen-bond acceptors (Lipinski definition) is 2. The molecule has 2 nitrogen and oxygen atoms in total. The summed E-state index contributed by atoms with van der Waals surface area (Å²) in [5, 5.41) is 13.1. The highest BCUT2D eigenvalue weighted by Gasteiger charge is 2.50. The van der Waals surface area contributed by atoms with Gasteiger partial charge in [-0.2, -0.15) is 0 Å². The first-order valence-electron chi connectivity index (χ1n) is 10.9. The summed E-state index contributed by atoms with van der Waals surface area (Å²) in [6.45, 7) is 11.3. The molecule has 0 bridgehead atoms. The van der Waals surface area contributed by atoms with Crippen LogP contribution in [0.1, 0.15) is 53.9 Å². The van der Waals surface area contributed by atoms with Gasteiger partial charge in [-0.15, -0.1) is 0 Å². The number of aliphatic hydroxyl groups excluding tert-OH is 1. The van der Waals surface area contributed by atoms with Gasteiger partial charge in [-0.25, -0.2) is 0 Å². The molecule has 0 heterocycles. The third-order valence-electron chi connectivity index (χ3n) is 6.28. The van der Waals surface area contributed by atoms with Crippen molar-refractivity contribution in [2.24, 2.45) is 5.92 Å². The van der Waals surface area contributed by atoms with Crippen molar-refractivity contribution in [2.45, 2.75) is 71.1 Å². The first-order chi connectivity index (χ1) is 13.8. The van der Waals surface area contributed by atoms with Crippen LogP contribution in [0.25, 0.3) is 0 Å². The van der Waals surface area contributed by atoms with E-state index in [9.17, 15) is 5.11 Å². The van der Waals surface area contributed by atoms with E-state index in [0.717, 1.165) is 24.8 Å². The Morgan fingerprint density at radius 2 is 1.48 bits per heavy atom. The van der Waals surface area contributed by atoms with Crippen LogP contribution < -0.4 is 10.4 Å². The first kappa shape index (κ1) is 22.0. The van der Waals surface area contributed by atoms with Crippen LogP contribution in [-0.2, 0) is 4.43 Å². The van der Waals surface area contributed by atoms with Gasteiger partial charge in [0.15, 0.2) is 0 Å². The Morgan fingerprint density at radius 3 is 1.93 bits per heavy atom. The first-order valence-corrected chi connectivity index (χ1v) is 12.8. The van der Waals surface area contributed by atoms with E-state index in [1.807, 2.05) is 0 Å². The van der Waals surface area contributed by atoms with Crippen molar-refractivity contribution in [2.75, 3.05) is 0 Å². The van der Waals surface area contributed by atoms with Crippen molar-refractivity contribution in [3.63, 3.8) is 0 Å². The summed E-state index contributed by atoms with van der Waals surface area (Å²) in [6, 6.07) is 21.5. The van der Waals surface area contributed by atoms with Gasteiger partial charge in [0.2, 0.25) is 0 Å². The quantitative estimate of drug-likeness (QED) is 0.553. The molecule has 0 aromatic heterocycles. The second kappa shape index (κ2) is 8.99. The van der Waals surface area contributed by atoms with Crippen molar-refractivity contribution in [3.8, 4) is 0 Å². The predicted molar refractivity (Wildman–Crippen MR) is 125 cm³/mol. The van der Waals surface area contributed by atoms with Crippen molar-refractivity contribution in [1.29, 1.82) is 0 Å². The van der Waals surface area contributed by atoms with E-state index >= 15 is 0 Å². The van der Waals surface area contributed by atoms with Crippen LogP contribution in [0.4, 0.5) is 0 Å². The van der Waals surface area contributed by atoms with Crippen LogP contribution in [-0.4, -0.2) is 25.6 Å². The Hall–Kier alpha value is -1.68. The van der Waals surface area contributed by atoms with Gasteiger partial charge < -0.3 is 9.53 Å². The van der Waals surface area contributed by atoms with E-state index in [2.05, 4.69) is 101 Å². The van der Waals surface area contributed by atoms with Crippen molar-refractivity contribution in [1.82, 2.24) is 0 Å². The Labute approximate surface area is 177 Å². The van der Waals surface area contributed by atoms with E-state index in [0.29, 0.717) is 5.92 Å². The van der Waals surface area contributed by atoms with Gasteiger partial charge in [0, 0.05) is 0 Å². The number of rotatable bonds is 5. The van der Waals surface area contributed by atoms with Gasteiger partial charge in [-0.1, -0.05) is 94.4 Å². The summed E-state index contributed by atoms with van der Waals surface area (Å²) in [5.41, 5.74) is 1.15. The normalized spacial score (nSPS) is 23.2. The third-order valence-corrected chi connectivity index (χ3v) is 11.4. The lowest BCUT2D eigenvalue weighted by atomic mass is 9.83. The molecule has 1 saturated carbocycles. The molecule has 0 amide bonds. The molecule has 1 unspecified atom stereocenters. The molecule has 156 valence electrons. The molecule has 3 rings (SSSR count). The van der Waals surface area contributed by atoms with E-state index in [1.165, 1.54) is 10.4 Å². The van der Waals surface area contributed by atoms with Gasteiger partial charge in [-0.05, 0) is 53.1 Å². The van der Waals surface area contributed by atoms with Gasteiger partial charge in [-0.3, -0.25) is 0 Å². The minimum absolute atomic E-state index is 0.0424. The average molecular weight is 409 g/mol. The second-order valence-electron chi connectivity index (χ2n) is 9.50. The highest BCUT2D eigenvalue weighted by Crippen LogP contribution is 2.38. The van der Waals surface area contributed by atoms with Gasteiger partial charge >= 0.3 is 0 Å². The summed E-state index contributed by atoms with van der Waals surface area (Å²) < 4.78 is 7.13. The summed E-state index contributed by atoms with van der Waals surface area (Å²) >= 11 is 0. The molecular formula is C26H36O2Si. The number of aliphatic hydroxyl groups is 1. The maximum absolute atomic E-state index is 10.6. The molecule has 0 spiro atoms. The summed E-state index contributed by atoms with van der Waals surface area (Å²) in [4.78, 5) is 0. The second-order valence-corrected chi connectivity index (χ2v) is 13.8. The molecule has 2 aromatic carbocycles. The van der Waals surface area contributed by atoms with E-state index < -0.39 is 8.32 Å². The molecule has 1 N–H and O–H groups in total. The molecule has 1 aliphatic carbocycles. The van der Waals surface area contributed by atoms with Crippen molar-refractivity contribution in [3.05, 3.63) is 72.3 Å². The molecule has 3 heteroatoms. The van der Waals surface area contributed by atoms with Crippen LogP contribution >= 0.6 is 0 Å². The highest BCUT2D eigenvalue weighted by atomic mass is 28.4. The lowest BCUT2D eigenvalue weighted by Crippen LogP contribution is -2.67. The zero-order valence-electron chi connectivity index (χ0n) is 18.6. The van der Waals surface area contributed by atoms with Gasteiger partial charge in [0.1, 0.15) is 0 Å². The Kier molecular flexibility index (Phi) is 6.82. The monoisotopic (exact) mass is 408 g/mol. The average Bonchev–Trinajstić information content (AvgIpc) is 2.69. The SMILES string of the molecule is CC(/C=C1\[C@H](C)CCC[C@H]1O)O[Si](c1ccccc1)(c1ccccc1)C(C)(C)C. The molecule has 2 aromatic rings. The standard InChI is InChI=1S/C26H36O2Si/c1-20-13-12-18-25(27)24(20)19-21(2)28-29(26(3,4)5,22-14-8-6-9-15-22)23-16-10-7-11-17-23/h6-11,14-17,19-21,25,27H,12-13,18H2,1-5H3/b24-19+/t20-,21?,25-/m1/s1. The van der Waals surface area contributed by atoms with E-state index in [4.69, 9.17) is 4.43 Å². The smallest absolute Gasteiger partial charge is 0.261 e. The van der Waals surface area contributed by atoms with Crippen LogP contribution in [0.2, 0.25) is 5.04 Å². The lowest BCUT2D eigenvalue weighted by Gasteiger charge is -2.44. The van der Waals surface area contributed by atoms with Crippen LogP contribution in [0.3, 0.4) is 0 Å². The Balaban J connectivity index is 2.08. The molecule has 3 atom stereocenters. The summed E-state index contributed by atoms with van der Waals surface area (Å²) in [5.74, 6) is 0.420. The molecule has 1 fully saturated rings. The fourth-order valence-electron chi connectivity index (χ4n) is 4.83. The van der Waals surface area contributed by atoms with Gasteiger partial charge in [0.05, 0.1) is 12.2 Å². The predicted octanol–water partition coefficient (Wildman–Crippen LogP) is 5.06. The lowest BCUT2D eigenvalue weighted by molar-refractivity contribution is 0.158. The number of hydrogen-bond donors (Lipinski definition) is 1. The fourth-order valence-corrected chi connectivity index (χ4v) is 9.47. The van der Waals surface area contributed by atoms with Crippen LogP contribution in [0.15, 0.2) is 72.3 Å².